The van der Waals surface area contributed by atoms with Crippen molar-refractivity contribution in [3.8, 4) is 0 Å². The fourth-order valence-electron chi connectivity index (χ4n) is 3.37. The Labute approximate surface area is 182 Å². The highest BCUT2D eigenvalue weighted by Crippen LogP contribution is 2.42. The summed E-state index contributed by atoms with van der Waals surface area (Å²) in [6, 6.07) is 9.71. The van der Waals surface area contributed by atoms with Gasteiger partial charge < -0.3 is 23.7 Å². The van der Waals surface area contributed by atoms with Gasteiger partial charge in [-0.3, -0.25) is 4.79 Å². The van der Waals surface area contributed by atoms with Crippen LogP contribution in [0.3, 0.4) is 0 Å². The first-order valence-corrected chi connectivity index (χ1v) is 13.6. The van der Waals surface area contributed by atoms with Crippen LogP contribution in [0.1, 0.15) is 58.8 Å². The van der Waals surface area contributed by atoms with E-state index in [-0.39, 0.29) is 30.1 Å². The van der Waals surface area contributed by atoms with Crippen molar-refractivity contribution < 1.29 is 28.5 Å². The molecule has 2 rings (SSSR count). The van der Waals surface area contributed by atoms with E-state index >= 15 is 0 Å². The molecule has 0 unspecified atom stereocenters. The number of ether oxygens (including phenoxy) is 3. The van der Waals surface area contributed by atoms with Gasteiger partial charge in [-0.15, -0.1) is 0 Å². The lowest BCUT2D eigenvalue weighted by Crippen LogP contribution is -2.45. The maximum atomic E-state index is 12.0. The Hall–Kier alpha value is -1.25. The van der Waals surface area contributed by atoms with Crippen LogP contribution in [-0.4, -0.2) is 50.9 Å². The van der Waals surface area contributed by atoms with Gasteiger partial charge in [0.2, 0.25) is 0 Å². The molecular formula is C23H38O6Si. The molecule has 6 nitrogen and oxygen atoms in total. The summed E-state index contributed by atoms with van der Waals surface area (Å²) in [5.41, 5.74) is 0.240. The minimum Gasteiger partial charge on any atom is -0.469 e. The molecule has 1 aliphatic heterocycles. The Morgan fingerprint density at radius 3 is 2.43 bits per heavy atom. The smallest absolute Gasteiger partial charge is 0.308 e. The summed E-state index contributed by atoms with van der Waals surface area (Å²) < 4.78 is 23.7. The van der Waals surface area contributed by atoms with Crippen LogP contribution in [0.5, 0.6) is 0 Å². The highest BCUT2D eigenvalue weighted by molar-refractivity contribution is 6.74. The van der Waals surface area contributed by atoms with Crippen molar-refractivity contribution in [1.29, 1.82) is 0 Å². The summed E-state index contributed by atoms with van der Waals surface area (Å²) in [6.45, 7) is 12.7. The zero-order valence-electron chi connectivity index (χ0n) is 19.4. The van der Waals surface area contributed by atoms with Crippen molar-refractivity contribution in [2.45, 2.75) is 89.2 Å². The lowest BCUT2D eigenvalue weighted by Gasteiger charge is -2.40. The molecule has 0 radical (unpaired) electrons. The van der Waals surface area contributed by atoms with Gasteiger partial charge in [0.05, 0.1) is 31.8 Å². The number of carbonyl (C=O) groups excluding carboxylic acids is 1. The van der Waals surface area contributed by atoms with Gasteiger partial charge in [0.15, 0.2) is 14.6 Å². The molecule has 0 aliphatic carbocycles. The number of aliphatic hydroxyl groups is 1. The van der Waals surface area contributed by atoms with Crippen LogP contribution in [0.25, 0.3) is 0 Å². The van der Waals surface area contributed by atoms with E-state index in [0.29, 0.717) is 12.8 Å². The van der Waals surface area contributed by atoms with Crippen molar-refractivity contribution in [2.24, 2.45) is 0 Å². The van der Waals surface area contributed by atoms with Crippen molar-refractivity contribution >= 4 is 14.3 Å². The van der Waals surface area contributed by atoms with E-state index in [1.54, 1.807) is 0 Å². The molecule has 30 heavy (non-hydrogen) atoms. The third kappa shape index (κ3) is 6.14. The van der Waals surface area contributed by atoms with E-state index in [4.69, 9.17) is 18.6 Å². The summed E-state index contributed by atoms with van der Waals surface area (Å²) in [5, 5.41) is 9.94. The van der Waals surface area contributed by atoms with E-state index < -0.39 is 26.3 Å². The minimum absolute atomic E-state index is 0.0320. The lowest BCUT2D eigenvalue weighted by molar-refractivity contribution is -0.143. The van der Waals surface area contributed by atoms with Crippen molar-refractivity contribution in [2.75, 3.05) is 13.7 Å². The monoisotopic (exact) mass is 438 g/mol. The van der Waals surface area contributed by atoms with Crippen molar-refractivity contribution in [3.05, 3.63) is 35.9 Å². The first-order chi connectivity index (χ1) is 13.9. The van der Waals surface area contributed by atoms with E-state index in [1.807, 2.05) is 37.3 Å². The first kappa shape index (κ1) is 25.0. The molecule has 170 valence electrons. The topological polar surface area (TPSA) is 74.2 Å². The van der Waals surface area contributed by atoms with Gasteiger partial charge in [0.1, 0.15) is 6.10 Å². The summed E-state index contributed by atoms with van der Waals surface area (Å²) in [5.74, 6) is -0.284. The number of rotatable bonds is 9. The van der Waals surface area contributed by atoms with Crippen LogP contribution in [0.4, 0.5) is 0 Å². The van der Waals surface area contributed by atoms with Crippen LogP contribution >= 0.6 is 0 Å². The molecule has 0 bridgehead atoms. The quantitative estimate of drug-likeness (QED) is 0.449. The molecule has 1 fully saturated rings. The molecular weight excluding hydrogens is 400 g/mol. The molecule has 1 N–H and O–H groups in total. The largest absolute Gasteiger partial charge is 0.469 e. The van der Waals surface area contributed by atoms with Crippen LogP contribution in [0.2, 0.25) is 18.1 Å². The third-order valence-electron chi connectivity index (χ3n) is 6.43. The molecule has 1 saturated heterocycles. The van der Waals surface area contributed by atoms with Gasteiger partial charge in [-0.1, -0.05) is 51.1 Å². The molecule has 1 aliphatic rings. The standard InChI is InChI=1S/C23H38O6Si/c1-22(2,3)30(6,7)29-18(15-20(25)26-5)13-14-23(4)19(16-24)27-21(28-23)17-11-9-8-10-12-17/h8-12,18-19,21,24H,13-16H2,1-7H3/t18-,19+,21+,23-/m1/s1. The summed E-state index contributed by atoms with van der Waals surface area (Å²) >= 11 is 0. The maximum absolute atomic E-state index is 12.0. The lowest BCUT2D eigenvalue weighted by atomic mass is 9.92. The number of aliphatic hydroxyl groups excluding tert-OH is 1. The Morgan fingerprint density at radius 1 is 1.27 bits per heavy atom. The molecule has 0 spiro atoms. The Balaban J connectivity index is 2.12. The SMILES string of the molecule is COC(=O)C[C@@H](CC[C@@]1(C)O[C@@H](c2ccccc2)O[C@H]1CO)O[Si](C)(C)C(C)(C)C. The van der Waals surface area contributed by atoms with E-state index in [9.17, 15) is 9.90 Å². The number of carbonyl (C=O) groups is 1. The molecule has 0 amide bonds. The van der Waals surface area contributed by atoms with Crippen LogP contribution in [-0.2, 0) is 23.4 Å². The van der Waals surface area contributed by atoms with Gasteiger partial charge in [0.25, 0.3) is 0 Å². The highest BCUT2D eigenvalue weighted by Gasteiger charge is 2.47. The summed E-state index contributed by atoms with van der Waals surface area (Å²) in [4.78, 5) is 12.0. The second-order valence-corrected chi connectivity index (χ2v) is 14.6. The van der Waals surface area contributed by atoms with Gasteiger partial charge in [0, 0.05) is 5.56 Å². The molecule has 1 heterocycles. The summed E-state index contributed by atoms with van der Waals surface area (Å²) in [7, 11) is -0.673. The van der Waals surface area contributed by atoms with Gasteiger partial charge in [-0.25, -0.2) is 0 Å². The molecule has 0 saturated carbocycles. The fraction of sp³-hybridized carbons (Fsp3) is 0.696. The van der Waals surface area contributed by atoms with E-state index in [0.717, 1.165) is 5.56 Å². The minimum atomic E-state index is -2.07. The molecule has 4 atom stereocenters. The zero-order valence-corrected chi connectivity index (χ0v) is 20.4. The van der Waals surface area contributed by atoms with Crippen molar-refractivity contribution in [1.82, 2.24) is 0 Å². The normalized spacial score (nSPS) is 25.9. The Kier molecular flexibility index (Phi) is 8.27. The Morgan fingerprint density at radius 2 is 1.90 bits per heavy atom. The number of methoxy groups -OCH3 is 1. The Bertz CT molecular complexity index is 687. The third-order valence-corrected chi connectivity index (χ3v) is 11.0. The number of hydrogen-bond donors (Lipinski definition) is 1. The fourth-order valence-corrected chi connectivity index (χ4v) is 4.76. The van der Waals surface area contributed by atoms with Crippen LogP contribution < -0.4 is 0 Å². The van der Waals surface area contributed by atoms with E-state index in [1.165, 1.54) is 7.11 Å². The maximum Gasteiger partial charge on any atom is 0.308 e. The predicted molar refractivity (Wildman–Crippen MR) is 119 cm³/mol. The number of benzene rings is 1. The average Bonchev–Trinajstić information content (AvgIpc) is 3.02. The van der Waals surface area contributed by atoms with Crippen LogP contribution in [0, 0.1) is 0 Å². The molecule has 7 heteroatoms. The average molecular weight is 439 g/mol. The number of hydrogen-bond acceptors (Lipinski definition) is 6. The number of esters is 1. The van der Waals surface area contributed by atoms with Gasteiger partial charge in [-0.2, -0.15) is 0 Å². The zero-order chi connectivity index (χ0) is 22.6. The highest BCUT2D eigenvalue weighted by atomic mass is 28.4. The van der Waals surface area contributed by atoms with Crippen LogP contribution in [0.15, 0.2) is 30.3 Å². The van der Waals surface area contributed by atoms with Gasteiger partial charge in [-0.05, 0) is 37.9 Å². The molecule has 1 aromatic rings. The molecule has 0 aromatic heterocycles. The van der Waals surface area contributed by atoms with Gasteiger partial charge >= 0.3 is 5.97 Å². The summed E-state index contributed by atoms with van der Waals surface area (Å²) in [6.07, 6.45) is 0.167. The second kappa shape index (κ2) is 9.91. The predicted octanol–water partition coefficient (Wildman–Crippen LogP) is 4.59. The van der Waals surface area contributed by atoms with E-state index in [2.05, 4.69) is 33.9 Å². The second-order valence-electron chi connectivity index (χ2n) is 9.80. The first-order valence-electron chi connectivity index (χ1n) is 10.7. The van der Waals surface area contributed by atoms with Crippen molar-refractivity contribution in [3.63, 3.8) is 0 Å². The molecule has 1 aromatic carbocycles.